The number of nitrogens with zero attached hydrogens (tertiary/aromatic N) is 1. The molecule has 0 atom stereocenters. The van der Waals surface area contributed by atoms with Gasteiger partial charge in [-0.15, -0.1) is 0 Å². The molecule has 0 amide bonds. The zero-order valence-corrected chi connectivity index (χ0v) is 35.6. The fourth-order valence-corrected chi connectivity index (χ4v) is 12.0. The molecule has 0 N–H and O–H groups in total. The average molecular weight is 804 g/mol. The van der Waals surface area contributed by atoms with Gasteiger partial charge in [-0.2, -0.15) is 0 Å². The highest BCUT2D eigenvalue weighted by Gasteiger charge is 2.54. The molecule has 9 aromatic carbocycles. The van der Waals surface area contributed by atoms with Crippen LogP contribution in [0.2, 0.25) is 0 Å². The van der Waals surface area contributed by atoms with Crippen molar-refractivity contribution < 1.29 is 0 Å². The van der Waals surface area contributed by atoms with Crippen LogP contribution < -0.4 is 4.90 Å². The van der Waals surface area contributed by atoms with Crippen LogP contribution >= 0.6 is 0 Å². The Morgan fingerprint density at radius 2 is 0.937 bits per heavy atom. The smallest absolute Gasteiger partial charge is 0.0689 e. The monoisotopic (exact) mass is 803 g/mol. The summed E-state index contributed by atoms with van der Waals surface area (Å²) in [5.74, 6) is 0. The number of benzene rings is 9. The Bertz CT molecular complexity index is 3360. The zero-order valence-electron chi connectivity index (χ0n) is 35.6. The summed E-state index contributed by atoms with van der Waals surface area (Å²) in [4.78, 5) is 2.58. The van der Waals surface area contributed by atoms with E-state index in [1.165, 1.54) is 111 Å². The lowest BCUT2D eigenvalue weighted by Gasteiger charge is -2.36. The van der Waals surface area contributed by atoms with Gasteiger partial charge in [0.2, 0.25) is 0 Å². The molecule has 0 unspecified atom stereocenters. The summed E-state index contributed by atoms with van der Waals surface area (Å²) in [6, 6.07) is 77.5. The maximum absolute atomic E-state index is 2.58. The van der Waals surface area contributed by atoms with E-state index in [1.54, 1.807) is 0 Å². The van der Waals surface area contributed by atoms with E-state index in [0.29, 0.717) is 0 Å². The molecule has 0 saturated carbocycles. The summed E-state index contributed by atoms with van der Waals surface area (Å²) in [6.45, 7) is 4.82. The quantitative estimate of drug-likeness (QED) is 0.168. The Morgan fingerprint density at radius 3 is 1.68 bits per heavy atom. The van der Waals surface area contributed by atoms with Crippen molar-refractivity contribution in [1.82, 2.24) is 0 Å². The number of anilines is 2. The minimum Gasteiger partial charge on any atom is -0.310 e. The molecule has 63 heavy (non-hydrogen) atoms. The van der Waals surface area contributed by atoms with Crippen molar-refractivity contribution >= 4 is 27.7 Å². The Hall–Kier alpha value is -7.48. The van der Waals surface area contributed by atoms with E-state index in [9.17, 15) is 0 Å². The summed E-state index contributed by atoms with van der Waals surface area (Å²) >= 11 is 0. The highest BCUT2D eigenvalue weighted by Crippen LogP contribution is 2.65. The molecule has 0 radical (unpaired) electrons. The zero-order chi connectivity index (χ0) is 41.9. The van der Waals surface area contributed by atoms with Crippen LogP contribution in [0.25, 0.3) is 60.9 Å². The van der Waals surface area contributed by atoms with Crippen molar-refractivity contribution in [1.29, 1.82) is 0 Å². The van der Waals surface area contributed by atoms with Gasteiger partial charge < -0.3 is 4.90 Å². The molecule has 1 heteroatoms. The standard InChI is InChI=1S/C62H45N/c1-61(2)57-38-43(40-16-4-3-5-17-40)32-36-50(57)51-37-35-45(39-58(51)61)63(44-33-30-42(31-34-44)47-24-14-19-41-18-6-7-20-46(41)47)59-29-15-28-56-60(59)52-23-10-13-27-55(52)62(56)53-25-11-8-21-48(53)49-22-9-12-26-54(49)62/h3-14,16-27,29-39H,15,28H2,1-2H3. The Morgan fingerprint density at radius 1 is 0.397 bits per heavy atom. The summed E-state index contributed by atoms with van der Waals surface area (Å²) in [5, 5.41) is 2.53. The fraction of sp³-hybridized carbons (Fsp3) is 0.0968. The van der Waals surface area contributed by atoms with Crippen LogP contribution in [-0.4, -0.2) is 0 Å². The highest BCUT2D eigenvalue weighted by atomic mass is 15.2. The first-order valence-electron chi connectivity index (χ1n) is 22.5. The van der Waals surface area contributed by atoms with Gasteiger partial charge in [0.05, 0.1) is 11.1 Å². The lowest BCUT2D eigenvalue weighted by Crippen LogP contribution is -2.28. The molecule has 1 spiro atoms. The third-order valence-electron chi connectivity index (χ3n) is 14.8. The van der Waals surface area contributed by atoms with Crippen LogP contribution in [0, 0.1) is 0 Å². The minimum atomic E-state index is -0.347. The Balaban J connectivity index is 1.02. The van der Waals surface area contributed by atoms with Gasteiger partial charge in [0.15, 0.2) is 0 Å². The third kappa shape index (κ3) is 5.05. The van der Waals surface area contributed by atoms with E-state index in [4.69, 9.17) is 0 Å². The molecular formula is C62H45N. The van der Waals surface area contributed by atoms with Gasteiger partial charge in [0.25, 0.3) is 0 Å². The minimum absolute atomic E-state index is 0.192. The largest absolute Gasteiger partial charge is 0.310 e. The first kappa shape index (κ1) is 36.2. The molecule has 13 rings (SSSR count). The molecule has 1 nitrogen and oxygen atoms in total. The van der Waals surface area contributed by atoms with E-state index in [1.807, 2.05) is 0 Å². The van der Waals surface area contributed by atoms with E-state index in [2.05, 4.69) is 231 Å². The van der Waals surface area contributed by atoms with Crippen LogP contribution in [0.15, 0.2) is 224 Å². The molecule has 9 aromatic rings. The molecule has 0 fully saturated rings. The third-order valence-corrected chi connectivity index (χ3v) is 14.8. The molecule has 0 bridgehead atoms. The van der Waals surface area contributed by atoms with E-state index < -0.39 is 0 Å². The lowest BCUT2D eigenvalue weighted by molar-refractivity contribution is 0.660. The van der Waals surface area contributed by atoms with Gasteiger partial charge in [0, 0.05) is 22.4 Å². The van der Waals surface area contributed by atoms with Gasteiger partial charge in [-0.3, -0.25) is 0 Å². The first-order valence-corrected chi connectivity index (χ1v) is 22.5. The topological polar surface area (TPSA) is 3.24 Å². The van der Waals surface area contributed by atoms with Crippen molar-refractivity contribution in [2.45, 2.75) is 37.5 Å². The van der Waals surface area contributed by atoms with Crippen molar-refractivity contribution in [2.75, 3.05) is 4.90 Å². The lowest BCUT2D eigenvalue weighted by atomic mass is 9.68. The highest BCUT2D eigenvalue weighted by molar-refractivity contribution is 6.02. The molecule has 0 saturated heterocycles. The van der Waals surface area contributed by atoms with Crippen LogP contribution in [0.4, 0.5) is 11.4 Å². The Kier molecular flexibility index (Phi) is 7.76. The summed E-state index contributed by atoms with van der Waals surface area (Å²) in [6.07, 6.45) is 4.49. The maximum Gasteiger partial charge on any atom is 0.0689 e. The van der Waals surface area contributed by atoms with Gasteiger partial charge in [-0.25, -0.2) is 0 Å². The average Bonchev–Trinajstić information content (AvgIpc) is 3.90. The molecule has 4 aliphatic rings. The molecule has 0 aromatic heterocycles. The number of rotatable bonds is 5. The van der Waals surface area contributed by atoms with Crippen molar-refractivity contribution in [3.05, 3.63) is 257 Å². The normalized spacial score (nSPS) is 15.6. The number of hydrogen-bond acceptors (Lipinski definition) is 1. The van der Waals surface area contributed by atoms with Crippen LogP contribution in [-0.2, 0) is 10.8 Å². The predicted octanol–water partition coefficient (Wildman–Crippen LogP) is 16.1. The molecular weight excluding hydrogens is 759 g/mol. The fourth-order valence-electron chi connectivity index (χ4n) is 12.0. The molecule has 298 valence electrons. The number of allylic oxidation sites excluding steroid dienone is 3. The van der Waals surface area contributed by atoms with Crippen molar-refractivity contribution in [3.63, 3.8) is 0 Å². The second-order valence-electron chi connectivity index (χ2n) is 18.3. The second-order valence-corrected chi connectivity index (χ2v) is 18.3. The van der Waals surface area contributed by atoms with Crippen LogP contribution in [0.5, 0.6) is 0 Å². The second kappa shape index (κ2) is 13.5. The van der Waals surface area contributed by atoms with E-state index >= 15 is 0 Å². The van der Waals surface area contributed by atoms with E-state index in [-0.39, 0.29) is 10.8 Å². The predicted molar refractivity (Wildman–Crippen MR) is 263 cm³/mol. The molecule has 4 aliphatic carbocycles. The maximum atomic E-state index is 2.58. The number of fused-ring (bicyclic) bond motifs is 13. The van der Waals surface area contributed by atoms with Gasteiger partial charge >= 0.3 is 0 Å². The van der Waals surface area contributed by atoms with Gasteiger partial charge in [-0.1, -0.05) is 196 Å². The van der Waals surface area contributed by atoms with Gasteiger partial charge in [0.1, 0.15) is 0 Å². The molecule has 0 aliphatic heterocycles. The summed E-state index contributed by atoms with van der Waals surface area (Å²) < 4.78 is 0. The van der Waals surface area contributed by atoms with Gasteiger partial charge in [-0.05, 0) is 137 Å². The van der Waals surface area contributed by atoms with Crippen molar-refractivity contribution in [2.24, 2.45) is 0 Å². The van der Waals surface area contributed by atoms with Crippen LogP contribution in [0.3, 0.4) is 0 Å². The summed E-state index contributed by atoms with van der Waals surface area (Å²) in [5.41, 5.74) is 24.6. The number of hydrogen-bond donors (Lipinski definition) is 0. The first-order chi connectivity index (χ1) is 31.0. The van der Waals surface area contributed by atoms with Crippen LogP contribution in [0.1, 0.15) is 60.1 Å². The molecule has 0 heterocycles. The van der Waals surface area contributed by atoms with Crippen molar-refractivity contribution in [3.8, 4) is 44.5 Å². The van der Waals surface area contributed by atoms with E-state index in [0.717, 1.165) is 18.5 Å². The summed E-state index contributed by atoms with van der Waals surface area (Å²) in [7, 11) is 0. The Labute approximate surface area is 370 Å². The SMILES string of the molecule is CC1(C)c2cc(-c3ccccc3)ccc2-c2ccc(N(C3=CCCC4=C3c3ccccc3C43c4ccccc4-c4ccccc43)c3ccc(-c4cccc5ccccc45)cc3)cc21.